The van der Waals surface area contributed by atoms with Crippen LogP contribution in [0.3, 0.4) is 0 Å². The average molecular weight is 483 g/mol. The van der Waals surface area contributed by atoms with Gasteiger partial charge in [0.2, 0.25) is 11.8 Å². The van der Waals surface area contributed by atoms with E-state index < -0.39 is 6.04 Å². The van der Waals surface area contributed by atoms with Crippen molar-refractivity contribution in [3.05, 3.63) is 63.6 Å². The Morgan fingerprint density at radius 1 is 1.16 bits per heavy atom. The number of benzene rings is 2. The number of nitrogens with one attached hydrogen (secondary N) is 1. The number of hydrogen-bond acceptors (Lipinski definition) is 4. The highest BCUT2D eigenvalue weighted by molar-refractivity contribution is 7.99. The molecule has 0 radical (unpaired) electrons. The number of thioether (sulfide) groups is 1. The third-order valence-corrected chi connectivity index (χ3v) is 6.30. The topological polar surface area (TPSA) is 58.6 Å². The van der Waals surface area contributed by atoms with E-state index in [0.29, 0.717) is 22.3 Å². The van der Waals surface area contributed by atoms with Crippen LogP contribution >= 0.6 is 35.0 Å². The second-order valence-electron chi connectivity index (χ2n) is 7.07. The molecule has 5 nitrogen and oxygen atoms in total. The Kier molecular flexibility index (Phi) is 10.5. The smallest absolute Gasteiger partial charge is 0.242 e. The van der Waals surface area contributed by atoms with Gasteiger partial charge in [0.05, 0.1) is 12.9 Å². The molecule has 0 saturated carbocycles. The number of rotatable bonds is 11. The highest BCUT2D eigenvalue weighted by atomic mass is 35.5. The highest BCUT2D eigenvalue weighted by Crippen LogP contribution is 2.24. The summed E-state index contributed by atoms with van der Waals surface area (Å²) in [5.41, 5.74) is 1.84. The first-order valence-corrected chi connectivity index (χ1v) is 12.0. The minimum Gasteiger partial charge on any atom is -0.497 e. The Labute approximate surface area is 198 Å². The maximum absolute atomic E-state index is 13.1. The molecule has 1 N–H and O–H groups in total. The first-order valence-electron chi connectivity index (χ1n) is 10.1. The van der Waals surface area contributed by atoms with Crippen molar-refractivity contribution in [2.24, 2.45) is 0 Å². The van der Waals surface area contributed by atoms with Crippen molar-refractivity contribution >= 4 is 46.8 Å². The predicted octanol–water partition coefficient (Wildman–Crippen LogP) is 5.18. The van der Waals surface area contributed by atoms with Gasteiger partial charge in [0.25, 0.3) is 0 Å². The summed E-state index contributed by atoms with van der Waals surface area (Å²) >= 11 is 13.8. The first kappa shape index (κ1) is 25.4. The van der Waals surface area contributed by atoms with Crippen LogP contribution in [0.5, 0.6) is 5.75 Å². The summed E-state index contributed by atoms with van der Waals surface area (Å²) in [4.78, 5) is 27.2. The maximum atomic E-state index is 13.1. The molecule has 31 heavy (non-hydrogen) atoms. The molecule has 1 unspecified atom stereocenters. The van der Waals surface area contributed by atoms with Crippen LogP contribution in [-0.4, -0.2) is 42.2 Å². The largest absolute Gasteiger partial charge is 0.497 e. The lowest BCUT2D eigenvalue weighted by molar-refractivity contribution is -0.138. The monoisotopic (exact) mass is 482 g/mol. The van der Waals surface area contributed by atoms with E-state index in [9.17, 15) is 9.59 Å². The van der Waals surface area contributed by atoms with Crippen molar-refractivity contribution in [2.75, 3.05) is 19.4 Å². The third kappa shape index (κ3) is 7.95. The molecule has 168 valence electrons. The van der Waals surface area contributed by atoms with Gasteiger partial charge in [-0.2, -0.15) is 0 Å². The normalized spacial score (nSPS) is 11.6. The first-order chi connectivity index (χ1) is 14.8. The molecule has 0 saturated heterocycles. The fourth-order valence-corrected chi connectivity index (χ4v) is 4.21. The zero-order chi connectivity index (χ0) is 22.8. The molecule has 0 aliphatic heterocycles. The summed E-state index contributed by atoms with van der Waals surface area (Å²) in [7, 11) is 1.63. The molecule has 0 aliphatic carbocycles. The van der Waals surface area contributed by atoms with Crippen molar-refractivity contribution in [1.29, 1.82) is 0 Å². The van der Waals surface area contributed by atoms with Crippen LogP contribution in [0.4, 0.5) is 0 Å². The number of nitrogens with zero attached hydrogens (tertiary/aromatic N) is 1. The summed E-state index contributed by atoms with van der Waals surface area (Å²) in [6, 6.07) is 12.3. The third-order valence-electron chi connectivity index (χ3n) is 4.73. The van der Waals surface area contributed by atoms with Crippen molar-refractivity contribution in [3.8, 4) is 5.75 Å². The fourth-order valence-electron chi connectivity index (χ4n) is 2.87. The Hall–Kier alpha value is -1.89. The predicted molar refractivity (Wildman–Crippen MR) is 129 cm³/mol. The van der Waals surface area contributed by atoms with Gasteiger partial charge in [-0.1, -0.05) is 48.3 Å². The second kappa shape index (κ2) is 12.8. The standard InChI is InChI=1S/C23H28Cl2N2O3S/c1-4-11-26-23(29)16(2)27(13-18-7-8-19(24)12-21(18)25)22(28)15-31-14-17-5-9-20(30-3)10-6-17/h5-10,12,16H,4,11,13-15H2,1-3H3,(H,26,29). The SMILES string of the molecule is CCCNC(=O)C(C)N(Cc1ccc(Cl)cc1Cl)C(=O)CSCc1ccc(OC)cc1. The summed E-state index contributed by atoms with van der Waals surface area (Å²) in [6.07, 6.45) is 0.827. The van der Waals surface area contributed by atoms with Gasteiger partial charge in [-0.25, -0.2) is 0 Å². The van der Waals surface area contributed by atoms with E-state index >= 15 is 0 Å². The van der Waals surface area contributed by atoms with Gasteiger partial charge < -0.3 is 15.0 Å². The highest BCUT2D eigenvalue weighted by Gasteiger charge is 2.26. The number of carbonyl (C=O) groups excluding carboxylic acids is 2. The van der Waals surface area contributed by atoms with Gasteiger partial charge in [0.15, 0.2) is 0 Å². The second-order valence-corrected chi connectivity index (χ2v) is 8.89. The Balaban J connectivity index is 2.07. The van der Waals surface area contributed by atoms with Crippen LogP contribution in [0.2, 0.25) is 10.0 Å². The Bertz CT molecular complexity index is 878. The van der Waals surface area contributed by atoms with E-state index in [0.717, 1.165) is 23.3 Å². The number of hydrogen-bond donors (Lipinski definition) is 1. The molecule has 0 aromatic heterocycles. The van der Waals surface area contributed by atoms with Crippen molar-refractivity contribution < 1.29 is 14.3 Å². The van der Waals surface area contributed by atoms with E-state index in [1.165, 1.54) is 11.8 Å². The van der Waals surface area contributed by atoms with Gasteiger partial charge in [-0.15, -0.1) is 11.8 Å². The van der Waals surface area contributed by atoms with Gasteiger partial charge in [-0.05, 0) is 48.7 Å². The van der Waals surface area contributed by atoms with Crippen LogP contribution in [0.1, 0.15) is 31.4 Å². The van der Waals surface area contributed by atoms with Crippen molar-refractivity contribution in [3.63, 3.8) is 0 Å². The number of halogens is 2. The maximum Gasteiger partial charge on any atom is 0.242 e. The summed E-state index contributed by atoms with van der Waals surface area (Å²) < 4.78 is 5.17. The minimum absolute atomic E-state index is 0.122. The number of methoxy groups -OCH3 is 1. The minimum atomic E-state index is -0.618. The van der Waals surface area contributed by atoms with Crippen LogP contribution < -0.4 is 10.1 Å². The van der Waals surface area contributed by atoms with Crippen LogP contribution in [-0.2, 0) is 21.9 Å². The fraction of sp³-hybridized carbons (Fsp3) is 0.391. The van der Waals surface area contributed by atoms with Gasteiger partial charge in [0.1, 0.15) is 11.8 Å². The summed E-state index contributed by atoms with van der Waals surface area (Å²) in [6.45, 7) is 4.52. The van der Waals surface area contributed by atoms with E-state index in [1.54, 1.807) is 37.1 Å². The molecule has 2 amide bonds. The average Bonchev–Trinajstić information content (AvgIpc) is 2.76. The molecular weight excluding hydrogens is 455 g/mol. The summed E-state index contributed by atoms with van der Waals surface area (Å²) in [5.74, 6) is 1.43. The van der Waals surface area contributed by atoms with Crippen molar-refractivity contribution in [2.45, 2.75) is 38.6 Å². The van der Waals surface area contributed by atoms with Crippen LogP contribution in [0.15, 0.2) is 42.5 Å². The molecule has 0 heterocycles. The van der Waals surface area contributed by atoms with E-state index in [1.807, 2.05) is 31.2 Å². The number of carbonyl (C=O) groups is 2. The van der Waals surface area contributed by atoms with E-state index in [4.69, 9.17) is 27.9 Å². The lowest BCUT2D eigenvalue weighted by Gasteiger charge is -2.29. The Morgan fingerprint density at radius 2 is 1.87 bits per heavy atom. The molecule has 0 bridgehead atoms. The lowest BCUT2D eigenvalue weighted by Crippen LogP contribution is -2.48. The molecule has 0 spiro atoms. The van der Waals surface area contributed by atoms with Gasteiger partial charge >= 0.3 is 0 Å². The molecule has 8 heteroatoms. The molecule has 2 rings (SSSR count). The zero-order valence-corrected chi connectivity index (χ0v) is 20.3. The quantitative estimate of drug-likeness (QED) is 0.479. The van der Waals surface area contributed by atoms with E-state index in [-0.39, 0.29) is 24.1 Å². The molecule has 2 aromatic carbocycles. The van der Waals surface area contributed by atoms with E-state index in [2.05, 4.69) is 5.32 Å². The molecule has 0 aliphatic rings. The molecule has 1 atom stereocenters. The van der Waals surface area contributed by atoms with Crippen LogP contribution in [0.25, 0.3) is 0 Å². The van der Waals surface area contributed by atoms with Gasteiger partial charge in [0, 0.05) is 28.9 Å². The number of amides is 2. The zero-order valence-electron chi connectivity index (χ0n) is 18.0. The molecule has 0 fully saturated rings. The van der Waals surface area contributed by atoms with Gasteiger partial charge in [-0.3, -0.25) is 9.59 Å². The van der Waals surface area contributed by atoms with Crippen molar-refractivity contribution in [1.82, 2.24) is 10.2 Å². The van der Waals surface area contributed by atoms with Crippen LogP contribution in [0, 0.1) is 0 Å². The molecular formula is C23H28Cl2N2O3S. The number of ether oxygens (including phenoxy) is 1. The Morgan fingerprint density at radius 3 is 2.48 bits per heavy atom. The molecule has 2 aromatic rings. The summed E-state index contributed by atoms with van der Waals surface area (Å²) in [5, 5.41) is 3.86. The lowest BCUT2D eigenvalue weighted by atomic mass is 10.1.